The van der Waals surface area contributed by atoms with Gasteiger partial charge in [0, 0.05) is 11.3 Å². The van der Waals surface area contributed by atoms with Crippen molar-refractivity contribution in [1.29, 1.82) is 0 Å². The first-order valence-corrected chi connectivity index (χ1v) is 7.81. The number of hydrogen-bond acceptors (Lipinski definition) is 4. The molecule has 0 radical (unpaired) electrons. The van der Waals surface area contributed by atoms with Gasteiger partial charge in [-0.2, -0.15) is 13.2 Å². The van der Waals surface area contributed by atoms with Crippen LogP contribution in [0.25, 0.3) is 11.5 Å². The van der Waals surface area contributed by atoms with Crippen molar-refractivity contribution >= 4 is 11.6 Å². The van der Waals surface area contributed by atoms with E-state index in [1.807, 2.05) is 0 Å². The van der Waals surface area contributed by atoms with E-state index in [9.17, 15) is 31.1 Å². The highest BCUT2D eigenvalue weighted by Crippen LogP contribution is 2.31. The highest BCUT2D eigenvalue weighted by molar-refractivity contribution is 6.02. The number of nitrogens with zero attached hydrogens (tertiary/aromatic N) is 1. The van der Waals surface area contributed by atoms with Gasteiger partial charge in [0.15, 0.2) is 5.69 Å². The molecule has 3 aromatic rings. The van der Waals surface area contributed by atoms with Gasteiger partial charge >= 0.3 is 12.5 Å². The molecule has 1 amide bonds. The van der Waals surface area contributed by atoms with Gasteiger partial charge in [0.25, 0.3) is 5.91 Å². The van der Waals surface area contributed by atoms with Crippen LogP contribution in [0.1, 0.15) is 16.1 Å². The number of anilines is 1. The van der Waals surface area contributed by atoms with Crippen molar-refractivity contribution in [3.8, 4) is 17.2 Å². The topological polar surface area (TPSA) is 64.4 Å². The SMILES string of the molecule is O=C(Nc1ccc(OC(F)(F)F)cc1)c1coc(-c2ccc(C(F)(F)F)cc2)n1. The molecule has 2 aromatic carbocycles. The summed E-state index contributed by atoms with van der Waals surface area (Å²) in [6, 6.07) is 8.41. The molecule has 0 saturated heterocycles. The van der Waals surface area contributed by atoms with E-state index in [-0.39, 0.29) is 22.8 Å². The summed E-state index contributed by atoms with van der Waals surface area (Å²) in [5, 5.41) is 2.40. The first-order chi connectivity index (χ1) is 13.5. The molecule has 0 bridgehead atoms. The Labute approximate surface area is 158 Å². The molecular weight excluding hydrogens is 406 g/mol. The summed E-state index contributed by atoms with van der Waals surface area (Å²) in [5.41, 5.74) is -0.617. The number of carbonyl (C=O) groups excluding carboxylic acids is 1. The second kappa shape index (κ2) is 7.49. The van der Waals surface area contributed by atoms with Crippen molar-refractivity contribution in [3.63, 3.8) is 0 Å². The smallest absolute Gasteiger partial charge is 0.444 e. The van der Waals surface area contributed by atoms with Gasteiger partial charge in [-0.05, 0) is 48.5 Å². The highest BCUT2D eigenvalue weighted by atomic mass is 19.4. The van der Waals surface area contributed by atoms with Crippen molar-refractivity contribution in [2.24, 2.45) is 0 Å². The lowest BCUT2D eigenvalue weighted by atomic mass is 10.1. The minimum atomic E-state index is -4.83. The number of rotatable bonds is 4. The van der Waals surface area contributed by atoms with Gasteiger partial charge in [-0.15, -0.1) is 13.2 Å². The van der Waals surface area contributed by atoms with E-state index in [2.05, 4.69) is 15.0 Å². The van der Waals surface area contributed by atoms with E-state index in [4.69, 9.17) is 4.42 Å². The Bertz CT molecular complexity index is 992. The van der Waals surface area contributed by atoms with Gasteiger partial charge in [0.1, 0.15) is 12.0 Å². The van der Waals surface area contributed by atoms with Gasteiger partial charge in [-0.3, -0.25) is 4.79 Å². The summed E-state index contributed by atoms with van der Waals surface area (Å²) in [5.74, 6) is -1.25. The fourth-order valence-electron chi connectivity index (χ4n) is 2.25. The van der Waals surface area contributed by atoms with E-state index in [1.165, 1.54) is 12.1 Å². The molecule has 0 fully saturated rings. The summed E-state index contributed by atoms with van der Waals surface area (Å²) in [6.45, 7) is 0. The molecule has 1 N–H and O–H groups in total. The van der Waals surface area contributed by atoms with E-state index in [0.29, 0.717) is 0 Å². The lowest BCUT2D eigenvalue weighted by Crippen LogP contribution is -2.17. The number of ether oxygens (including phenoxy) is 1. The minimum absolute atomic E-state index is 0.0715. The van der Waals surface area contributed by atoms with Crippen LogP contribution in [0, 0.1) is 0 Å². The summed E-state index contributed by atoms with van der Waals surface area (Å²) < 4.78 is 83.0. The first kappa shape index (κ1) is 20.2. The molecule has 152 valence electrons. The quantitative estimate of drug-likeness (QED) is 0.570. The molecule has 0 atom stereocenters. The van der Waals surface area contributed by atoms with Gasteiger partial charge < -0.3 is 14.5 Å². The maximum atomic E-state index is 12.6. The zero-order valence-electron chi connectivity index (χ0n) is 14.1. The fourth-order valence-corrected chi connectivity index (χ4v) is 2.25. The molecule has 0 aliphatic carbocycles. The molecule has 0 spiro atoms. The van der Waals surface area contributed by atoms with Crippen LogP contribution in [0.5, 0.6) is 5.75 Å². The Morgan fingerprint density at radius 1 is 0.931 bits per heavy atom. The average Bonchev–Trinajstić information content (AvgIpc) is 3.12. The Morgan fingerprint density at radius 2 is 1.55 bits per heavy atom. The van der Waals surface area contributed by atoms with Crippen LogP contribution >= 0.6 is 0 Å². The number of amides is 1. The number of carbonyl (C=O) groups is 1. The van der Waals surface area contributed by atoms with Crippen molar-refractivity contribution in [2.45, 2.75) is 12.5 Å². The fraction of sp³-hybridized carbons (Fsp3) is 0.111. The van der Waals surface area contributed by atoms with Gasteiger partial charge in [-0.1, -0.05) is 0 Å². The molecule has 0 aliphatic rings. The largest absolute Gasteiger partial charge is 0.573 e. The van der Waals surface area contributed by atoms with Crippen LogP contribution in [0.15, 0.2) is 59.2 Å². The number of hydrogen-bond donors (Lipinski definition) is 1. The standard InChI is InChI=1S/C18H10F6N2O3/c19-17(20,21)11-3-1-10(2-4-11)16-26-14(9-28-16)15(27)25-12-5-7-13(8-6-12)29-18(22,23)24/h1-9H,(H,25,27). The maximum absolute atomic E-state index is 12.6. The number of halogens is 6. The zero-order chi connectivity index (χ0) is 21.2. The molecule has 3 rings (SSSR count). The number of oxazole rings is 1. The van der Waals surface area contributed by atoms with Gasteiger partial charge in [0.2, 0.25) is 5.89 Å². The van der Waals surface area contributed by atoms with E-state index in [0.717, 1.165) is 42.7 Å². The molecule has 1 heterocycles. The Hall–Kier alpha value is -3.50. The Kier molecular flexibility index (Phi) is 5.23. The molecule has 5 nitrogen and oxygen atoms in total. The lowest BCUT2D eigenvalue weighted by molar-refractivity contribution is -0.274. The average molecular weight is 416 g/mol. The number of alkyl halides is 6. The van der Waals surface area contributed by atoms with Crippen LogP contribution in [0.3, 0.4) is 0 Å². The number of nitrogens with one attached hydrogen (secondary N) is 1. The van der Waals surface area contributed by atoms with Crippen LogP contribution in [0.2, 0.25) is 0 Å². The lowest BCUT2D eigenvalue weighted by Gasteiger charge is -2.09. The third-order valence-electron chi connectivity index (χ3n) is 3.54. The number of aromatic nitrogens is 1. The third kappa shape index (κ3) is 5.27. The highest BCUT2D eigenvalue weighted by Gasteiger charge is 2.31. The zero-order valence-corrected chi connectivity index (χ0v) is 14.1. The predicted molar refractivity (Wildman–Crippen MR) is 88.0 cm³/mol. The van der Waals surface area contributed by atoms with Crippen molar-refractivity contribution in [2.75, 3.05) is 5.32 Å². The molecule has 11 heteroatoms. The second-order valence-electron chi connectivity index (χ2n) is 5.64. The molecule has 0 unspecified atom stereocenters. The molecule has 0 aliphatic heterocycles. The van der Waals surface area contributed by atoms with Gasteiger partial charge in [-0.25, -0.2) is 4.98 Å². The predicted octanol–water partition coefficient (Wildman–Crippen LogP) is 5.51. The van der Waals surface area contributed by atoms with E-state index < -0.39 is 29.8 Å². The summed E-state index contributed by atoms with van der Waals surface area (Å²) in [4.78, 5) is 16.1. The van der Waals surface area contributed by atoms with Crippen LogP contribution in [0.4, 0.5) is 32.0 Å². The summed E-state index contributed by atoms with van der Waals surface area (Å²) >= 11 is 0. The molecule has 29 heavy (non-hydrogen) atoms. The van der Waals surface area contributed by atoms with Gasteiger partial charge in [0.05, 0.1) is 5.56 Å². The minimum Gasteiger partial charge on any atom is -0.444 e. The van der Waals surface area contributed by atoms with Crippen LogP contribution < -0.4 is 10.1 Å². The van der Waals surface area contributed by atoms with E-state index in [1.54, 1.807) is 0 Å². The monoisotopic (exact) mass is 416 g/mol. The third-order valence-corrected chi connectivity index (χ3v) is 3.54. The van der Waals surface area contributed by atoms with E-state index >= 15 is 0 Å². The van der Waals surface area contributed by atoms with Crippen molar-refractivity contribution in [1.82, 2.24) is 4.98 Å². The Morgan fingerprint density at radius 3 is 2.10 bits per heavy atom. The first-order valence-electron chi connectivity index (χ1n) is 7.81. The molecular formula is C18H10F6N2O3. The van der Waals surface area contributed by atoms with Crippen molar-refractivity contribution in [3.05, 3.63) is 66.1 Å². The normalized spacial score (nSPS) is 11.9. The summed E-state index contributed by atoms with van der Waals surface area (Å²) in [7, 11) is 0. The van der Waals surface area contributed by atoms with Crippen molar-refractivity contribution < 1.29 is 40.3 Å². The van der Waals surface area contributed by atoms with Crippen LogP contribution in [-0.2, 0) is 6.18 Å². The maximum Gasteiger partial charge on any atom is 0.573 e. The van der Waals surface area contributed by atoms with Crippen LogP contribution in [-0.4, -0.2) is 17.3 Å². The second-order valence-corrected chi connectivity index (χ2v) is 5.64. The molecule has 1 aromatic heterocycles. The number of benzene rings is 2. The molecule has 0 saturated carbocycles. The Balaban J connectivity index is 1.68. The summed E-state index contributed by atoms with van der Waals surface area (Å²) in [6.07, 6.45) is -8.31.